The van der Waals surface area contributed by atoms with Gasteiger partial charge in [0.15, 0.2) is 0 Å². The summed E-state index contributed by atoms with van der Waals surface area (Å²) >= 11 is 0. The quantitative estimate of drug-likeness (QED) is 0.852. The molecule has 1 heterocycles. The van der Waals surface area contributed by atoms with Crippen LogP contribution < -0.4 is 15.5 Å². The van der Waals surface area contributed by atoms with E-state index in [1.165, 1.54) is 37.8 Å². The highest BCUT2D eigenvalue weighted by molar-refractivity contribution is 5.99. The second kappa shape index (κ2) is 7.68. The van der Waals surface area contributed by atoms with Crippen LogP contribution in [-0.4, -0.2) is 30.9 Å². The SMILES string of the molecule is O=C(Nc1ccc(N2CCCC2)cc1)C1CC1C(=O)NC1CCCCC1. The average Bonchev–Trinajstić information content (AvgIpc) is 3.29. The third-order valence-corrected chi connectivity index (χ3v) is 6.02. The molecule has 3 aliphatic rings. The average molecular weight is 355 g/mol. The molecule has 2 N–H and O–H groups in total. The highest BCUT2D eigenvalue weighted by Gasteiger charge is 2.48. The molecule has 26 heavy (non-hydrogen) atoms. The molecule has 0 bridgehead atoms. The minimum Gasteiger partial charge on any atom is -0.372 e. The highest BCUT2D eigenvalue weighted by Crippen LogP contribution is 2.40. The van der Waals surface area contributed by atoms with Crippen LogP contribution in [0.1, 0.15) is 51.4 Å². The predicted molar refractivity (Wildman–Crippen MR) is 103 cm³/mol. The van der Waals surface area contributed by atoms with Gasteiger partial charge in [-0.25, -0.2) is 0 Å². The monoisotopic (exact) mass is 355 g/mol. The molecule has 0 aromatic heterocycles. The first-order valence-electron chi connectivity index (χ1n) is 10.2. The van der Waals surface area contributed by atoms with Gasteiger partial charge >= 0.3 is 0 Å². The lowest BCUT2D eigenvalue weighted by Crippen LogP contribution is -2.37. The van der Waals surface area contributed by atoms with Crippen molar-refractivity contribution in [2.45, 2.75) is 57.4 Å². The number of hydrogen-bond acceptors (Lipinski definition) is 3. The first kappa shape index (κ1) is 17.4. The molecule has 4 rings (SSSR count). The Kier molecular flexibility index (Phi) is 5.14. The van der Waals surface area contributed by atoms with Crippen LogP contribution in [0.2, 0.25) is 0 Å². The Morgan fingerprint density at radius 2 is 1.50 bits per heavy atom. The third-order valence-electron chi connectivity index (χ3n) is 6.02. The Morgan fingerprint density at radius 1 is 0.846 bits per heavy atom. The predicted octanol–water partition coefficient (Wildman–Crippen LogP) is 3.31. The largest absolute Gasteiger partial charge is 0.372 e. The Morgan fingerprint density at radius 3 is 2.19 bits per heavy atom. The molecule has 2 aliphatic carbocycles. The molecule has 5 heteroatoms. The molecule has 1 aliphatic heterocycles. The van der Waals surface area contributed by atoms with E-state index < -0.39 is 0 Å². The molecule has 2 saturated carbocycles. The zero-order chi connectivity index (χ0) is 17.9. The van der Waals surface area contributed by atoms with Crippen LogP contribution in [0.15, 0.2) is 24.3 Å². The number of amides is 2. The molecule has 5 nitrogen and oxygen atoms in total. The fourth-order valence-corrected chi connectivity index (χ4v) is 4.30. The summed E-state index contributed by atoms with van der Waals surface area (Å²) in [4.78, 5) is 27.1. The number of nitrogens with zero attached hydrogens (tertiary/aromatic N) is 1. The van der Waals surface area contributed by atoms with Crippen LogP contribution in [-0.2, 0) is 9.59 Å². The minimum absolute atomic E-state index is 0.0253. The fourth-order valence-electron chi connectivity index (χ4n) is 4.30. The van der Waals surface area contributed by atoms with Crippen LogP contribution >= 0.6 is 0 Å². The zero-order valence-electron chi connectivity index (χ0n) is 15.4. The van der Waals surface area contributed by atoms with E-state index in [4.69, 9.17) is 0 Å². The Bertz CT molecular complexity index is 646. The Balaban J connectivity index is 1.25. The molecule has 0 spiro atoms. The number of rotatable bonds is 5. The van der Waals surface area contributed by atoms with Gasteiger partial charge in [-0.3, -0.25) is 9.59 Å². The highest BCUT2D eigenvalue weighted by atomic mass is 16.2. The summed E-state index contributed by atoms with van der Waals surface area (Å²) in [5, 5.41) is 6.12. The zero-order valence-corrected chi connectivity index (χ0v) is 15.4. The standard InChI is InChI=1S/C21H29N3O2/c25-20(22-15-6-2-1-3-7-15)18-14-19(18)21(26)23-16-8-10-17(11-9-16)24-12-4-5-13-24/h8-11,15,18-19H,1-7,12-14H2,(H,22,25)(H,23,26). The minimum atomic E-state index is -0.170. The number of carbonyl (C=O) groups is 2. The summed E-state index contributed by atoms with van der Waals surface area (Å²) in [6.45, 7) is 2.23. The maximum Gasteiger partial charge on any atom is 0.228 e. The van der Waals surface area contributed by atoms with Gasteiger partial charge < -0.3 is 15.5 Å². The summed E-state index contributed by atoms with van der Waals surface area (Å²) in [7, 11) is 0. The van der Waals surface area contributed by atoms with Crippen LogP contribution in [0.4, 0.5) is 11.4 Å². The molecule has 140 valence electrons. The topological polar surface area (TPSA) is 61.4 Å². The molecule has 2 atom stereocenters. The second-order valence-electron chi connectivity index (χ2n) is 8.02. The van der Waals surface area contributed by atoms with E-state index in [0.717, 1.165) is 31.6 Å². The molecule has 0 radical (unpaired) electrons. The van der Waals surface area contributed by atoms with Crippen molar-refractivity contribution in [3.05, 3.63) is 24.3 Å². The normalized spacial score (nSPS) is 25.8. The first-order valence-corrected chi connectivity index (χ1v) is 10.2. The molecule has 1 aromatic rings. The lowest BCUT2D eigenvalue weighted by molar-refractivity contribution is -0.126. The van der Waals surface area contributed by atoms with Gasteiger partial charge in [-0.15, -0.1) is 0 Å². The molecular formula is C21H29N3O2. The maximum absolute atomic E-state index is 12.4. The van der Waals surface area contributed by atoms with Crippen molar-refractivity contribution in [3.63, 3.8) is 0 Å². The molecule has 3 fully saturated rings. The van der Waals surface area contributed by atoms with E-state index >= 15 is 0 Å². The summed E-state index contributed by atoms with van der Waals surface area (Å²) in [5.74, 6) is -0.262. The van der Waals surface area contributed by atoms with Crippen LogP contribution in [0.25, 0.3) is 0 Å². The molecular weight excluding hydrogens is 326 g/mol. The van der Waals surface area contributed by atoms with Gasteiger partial charge in [-0.2, -0.15) is 0 Å². The molecule has 1 aromatic carbocycles. The van der Waals surface area contributed by atoms with E-state index in [1.54, 1.807) is 0 Å². The summed E-state index contributed by atoms with van der Waals surface area (Å²) in [6, 6.07) is 8.39. The number of nitrogens with one attached hydrogen (secondary N) is 2. The van der Waals surface area contributed by atoms with Crippen LogP contribution in [0, 0.1) is 11.8 Å². The Hall–Kier alpha value is -2.04. The summed E-state index contributed by atoms with van der Waals surface area (Å²) < 4.78 is 0. The van der Waals surface area contributed by atoms with E-state index in [-0.39, 0.29) is 23.7 Å². The number of hydrogen-bond donors (Lipinski definition) is 2. The first-order chi connectivity index (χ1) is 12.7. The lowest BCUT2D eigenvalue weighted by Gasteiger charge is -2.22. The van der Waals surface area contributed by atoms with Crippen molar-refractivity contribution in [2.75, 3.05) is 23.3 Å². The maximum atomic E-state index is 12.4. The number of benzene rings is 1. The fraction of sp³-hybridized carbons (Fsp3) is 0.619. The summed E-state index contributed by atoms with van der Waals surface area (Å²) in [6.07, 6.45) is 9.03. The van der Waals surface area contributed by atoms with Gasteiger partial charge in [-0.05, 0) is 56.4 Å². The third kappa shape index (κ3) is 4.02. The van der Waals surface area contributed by atoms with Crippen molar-refractivity contribution >= 4 is 23.2 Å². The van der Waals surface area contributed by atoms with Gasteiger partial charge in [0.05, 0.1) is 11.8 Å². The Labute approximate surface area is 155 Å². The van der Waals surface area contributed by atoms with Gasteiger partial charge in [0.1, 0.15) is 0 Å². The smallest absolute Gasteiger partial charge is 0.228 e. The molecule has 2 amide bonds. The van der Waals surface area contributed by atoms with Gasteiger partial charge in [0.25, 0.3) is 0 Å². The van der Waals surface area contributed by atoms with Crippen molar-refractivity contribution in [1.82, 2.24) is 5.32 Å². The van der Waals surface area contributed by atoms with Crippen molar-refractivity contribution in [2.24, 2.45) is 11.8 Å². The van der Waals surface area contributed by atoms with E-state index in [1.807, 2.05) is 12.1 Å². The van der Waals surface area contributed by atoms with Crippen LogP contribution in [0.5, 0.6) is 0 Å². The van der Waals surface area contributed by atoms with E-state index in [0.29, 0.717) is 12.5 Å². The number of carbonyl (C=O) groups excluding carboxylic acids is 2. The van der Waals surface area contributed by atoms with Crippen molar-refractivity contribution in [1.29, 1.82) is 0 Å². The molecule has 2 unspecified atom stereocenters. The second-order valence-corrected chi connectivity index (χ2v) is 8.02. The van der Waals surface area contributed by atoms with Gasteiger partial charge in [0, 0.05) is 30.5 Å². The van der Waals surface area contributed by atoms with E-state index in [2.05, 4.69) is 27.7 Å². The summed E-state index contributed by atoms with van der Waals surface area (Å²) in [5.41, 5.74) is 2.04. The molecule has 1 saturated heterocycles. The van der Waals surface area contributed by atoms with Crippen molar-refractivity contribution < 1.29 is 9.59 Å². The van der Waals surface area contributed by atoms with Crippen molar-refractivity contribution in [3.8, 4) is 0 Å². The number of anilines is 2. The van der Waals surface area contributed by atoms with Gasteiger partial charge in [-0.1, -0.05) is 19.3 Å². The van der Waals surface area contributed by atoms with Gasteiger partial charge in [0.2, 0.25) is 11.8 Å². The van der Waals surface area contributed by atoms with E-state index in [9.17, 15) is 9.59 Å². The van der Waals surface area contributed by atoms with Crippen LogP contribution in [0.3, 0.4) is 0 Å². The lowest BCUT2D eigenvalue weighted by atomic mass is 9.95.